The molecule has 2 fully saturated rings. The minimum Gasteiger partial charge on any atom is -0.392 e. The number of anilines is 1. The van der Waals surface area contributed by atoms with Crippen molar-refractivity contribution in [2.24, 2.45) is 0 Å². The molecule has 0 bridgehead atoms. The molecule has 2 aromatic rings. The number of Topliss-reactive ketones (excluding diaryl/α,β-unsaturated/α-hetero) is 1. The quantitative estimate of drug-likeness (QED) is 0.595. The van der Waals surface area contributed by atoms with Gasteiger partial charge in [-0.25, -0.2) is 9.97 Å². The summed E-state index contributed by atoms with van der Waals surface area (Å²) in [5, 5.41) is 13.9. The fourth-order valence-corrected chi connectivity index (χ4v) is 5.13. The molecular formula is C25H31N5O3. The molecule has 1 spiro atoms. The van der Waals surface area contributed by atoms with Crippen molar-refractivity contribution in [1.82, 2.24) is 19.8 Å². The van der Waals surface area contributed by atoms with E-state index in [1.807, 2.05) is 0 Å². The van der Waals surface area contributed by atoms with Gasteiger partial charge in [-0.3, -0.25) is 14.5 Å². The lowest BCUT2D eigenvalue weighted by Gasteiger charge is -2.39. The molecule has 5 rings (SSSR count). The number of ketones is 1. The fraction of sp³-hybridized carbons (Fsp3) is 0.520. The Morgan fingerprint density at radius 3 is 2.79 bits per heavy atom. The smallest absolute Gasteiger partial charge is 0.219 e. The van der Waals surface area contributed by atoms with Gasteiger partial charge in [-0.1, -0.05) is 24.3 Å². The average molecular weight is 450 g/mol. The van der Waals surface area contributed by atoms with Crippen molar-refractivity contribution in [1.29, 1.82) is 0 Å². The Morgan fingerprint density at radius 2 is 2.03 bits per heavy atom. The van der Waals surface area contributed by atoms with Crippen molar-refractivity contribution < 1.29 is 14.7 Å². The van der Waals surface area contributed by atoms with Crippen molar-refractivity contribution in [3.05, 3.63) is 53.5 Å². The van der Waals surface area contributed by atoms with E-state index in [0.29, 0.717) is 37.6 Å². The monoisotopic (exact) mass is 449 g/mol. The van der Waals surface area contributed by atoms with Crippen LogP contribution >= 0.6 is 0 Å². The number of nitrogens with one attached hydrogen (secondary N) is 1. The van der Waals surface area contributed by atoms with Crippen molar-refractivity contribution in [3.8, 4) is 0 Å². The number of likely N-dealkylation sites (tertiary alicyclic amines) is 1. The van der Waals surface area contributed by atoms with Gasteiger partial charge in [-0.15, -0.1) is 0 Å². The number of aliphatic hydroxyl groups excluding tert-OH is 1. The zero-order valence-corrected chi connectivity index (χ0v) is 19.0. The molecule has 1 atom stereocenters. The van der Waals surface area contributed by atoms with Gasteiger partial charge in [-0.2, -0.15) is 0 Å². The van der Waals surface area contributed by atoms with Crippen LogP contribution in [0.5, 0.6) is 0 Å². The average Bonchev–Trinajstić information content (AvgIpc) is 3.54. The second kappa shape index (κ2) is 8.83. The topological polar surface area (TPSA) is 98.7 Å². The summed E-state index contributed by atoms with van der Waals surface area (Å²) in [6, 6.07) is 10.4. The Hall–Kier alpha value is -2.84. The predicted molar refractivity (Wildman–Crippen MR) is 124 cm³/mol. The molecule has 33 heavy (non-hydrogen) atoms. The van der Waals surface area contributed by atoms with Crippen LogP contribution in [0.2, 0.25) is 0 Å². The molecule has 1 aromatic carbocycles. The number of rotatable bonds is 8. The van der Waals surface area contributed by atoms with Gasteiger partial charge < -0.3 is 15.3 Å². The van der Waals surface area contributed by atoms with E-state index in [1.165, 1.54) is 30.3 Å². The lowest BCUT2D eigenvalue weighted by molar-refractivity contribution is -0.132. The molecule has 1 aromatic heterocycles. The Labute approximate surface area is 194 Å². The van der Waals surface area contributed by atoms with E-state index in [1.54, 1.807) is 17.9 Å². The highest BCUT2D eigenvalue weighted by atomic mass is 16.3. The molecule has 1 saturated heterocycles. The number of carbonyl (C=O) groups excluding carboxylic acids is 2. The molecule has 0 unspecified atom stereocenters. The van der Waals surface area contributed by atoms with Crippen LogP contribution in [0.15, 0.2) is 36.7 Å². The maximum atomic E-state index is 12.7. The number of hydrogen-bond donors (Lipinski definition) is 2. The molecule has 8 nitrogen and oxygen atoms in total. The van der Waals surface area contributed by atoms with E-state index < -0.39 is 6.10 Å². The van der Waals surface area contributed by atoms with Crippen molar-refractivity contribution in [3.63, 3.8) is 0 Å². The first-order valence-electron chi connectivity index (χ1n) is 11.8. The molecule has 1 amide bonds. The number of hydrogen-bond acceptors (Lipinski definition) is 7. The third-order valence-corrected chi connectivity index (χ3v) is 7.17. The molecule has 2 N–H and O–H groups in total. The van der Waals surface area contributed by atoms with Crippen molar-refractivity contribution in [2.45, 2.75) is 56.7 Å². The van der Waals surface area contributed by atoms with Gasteiger partial charge in [0.05, 0.1) is 12.1 Å². The van der Waals surface area contributed by atoms with Gasteiger partial charge in [0, 0.05) is 57.5 Å². The van der Waals surface area contributed by atoms with Crippen LogP contribution in [0.25, 0.3) is 0 Å². The lowest BCUT2D eigenvalue weighted by atomic mass is 9.87. The van der Waals surface area contributed by atoms with Crippen LogP contribution in [0.4, 0.5) is 5.82 Å². The number of carbonyl (C=O) groups is 2. The number of aliphatic hydroxyl groups is 1. The number of β-amino-alcohol motifs (C(OH)–C–C–N with tert-alkyl or cyclic N) is 1. The molecular weight excluding hydrogens is 418 g/mol. The van der Waals surface area contributed by atoms with E-state index >= 15 is 0 Å². The zero-order valence-electron chi connectivity index (χ0n) is 19.0. The molecule has 2 aliphatic heterocycles. The highest BCUT2D eigenvalue weighted by molar-refractivity contribution is 5.94. The number of benzene rings is 1. The summed E-state index contributed by atoms with van der Waals surface area (Å²) in [7, 11) is 0. The Bertz CT molecular complexity index is 1050. The van der Waals surface area contributed by atoms with Gasteiger partial charge in [-0.05, 0) is 30.4 Å². The van der Waals surface area contributed by atoms with E-state index in [9.17, 15) is 14.7 Å². The van der Waals surface area contributed by atoms with Crippen LogP contribution in [0.3, 0.4) is 0 Å². The van der Waals surface area contributed by atoms with E-state index in [-0.39, 0.29) is 29.6 Å². The minimum atomic E-state index is -0.554. The largest absolute Gasteiger partial charge is 0.392 e. The van der Waals surface area contributed by atoms with Crippen molar-refractivity contribution >= 4 is 17.5 Å². The molecule has 174 valence electrons. The normalized spacial score (nSPS) is 20.1. The summed E-state index contributed by atoms with van der Waals surface area (Å²) in [5.41, 5.74) is 3.47. The van der Waals surface area contributed by atoms with E-state index in [0.717, 1.165) is 13.1 Å². The third kappa shape index (κ3) is 4.77. The summed E-state index contributed by atoms with van der Waals surface area (Å²) >= 11 is 0. The molecule has 3 heterocycles. The highest BCUT2D eigenvalue weighted by Gasteiger charge is 2.48. The summed E-state index contributed by atoms with van der Waals surface area (Å²) < 4.78 is 0. The Kier molecular flexibility index (Phi) is 5.88. The lowest BCUT2D eigenvalue weighted by Crippen LogP contribution is -2.56. The number of aromatic nitrogens is 2. The van der Waals surface area contributed by atoms with Crippen LogP contribution in [-0.2, 0) is 16.8 Å². The van der Waals surface area contributed by atoms with Crippen LogP contribution in [0.1, 0.15) is 54.2 Å². The first-order chi connectivity index (χ1) is 15.9. The molecule has 3 aliphatic rings. The molecule has 8 heteroatoms. The number of nitrogens with zero attached hydrogens (tertiary/aromatic N) is 4. The fourth-order valence-electron chi connectivity index (χ4n) is 5.13. The van der Waals surface area contributed by atoms with Gasteiger partial charge in [0.15, 0.2) is 5.78 Å². The first-order valence-corrected chi connectivity index (χ1v) is 11.8. The summed E-state index contributed by atoms with van der Waals surface area (Å²) in [5.74, 6) is 0.552. The van der Waals surface area contributed by atoms with Crippen molar-refractivity contribution in [2.75, 3.05) is 31.5 Å². The van der Waals surface area contributed by atoms with Crippen LogP contribution < -0.4 is 5.32 Å². The molecule has 1 saturated carbocycles. The van der Waals surface area contributed by atoms with Gasteiger partial charge >= 0.3 is 0 Å². The minimum absolute atomic E-state index is 0.0613. The SMILES string of the molecule is CC(=O)N1CC(Nc2cc(C(=O)CC[C@H](O)CN3Cc4ccccc4C4(CC4)C3)ncn2)C1. The number of amides is 1. The summed E-state index contributed by atoms with van der Waals surface area (Å²) in [6.07, 6.45) is 3.91. The van der Waals surface area contributed by atoms with Gasteiger partial charge in [0.25, 0.3) is 0 Å². The summed E-state index contributed by atoms with van der Waals surface area (Å²) in [4.78, 5) is 36.4. The van der Waals surface area contributed by atoms with Gasteiger partial charge in [0.1, 0.15) is 17.8 Å². The van der Waals surface area contributed by atoms with Gasteiger partial charge in [0.2, 0.25) is 5.91 Å². The summed E-state index contributed by atoms with van der Waals surface area (Å²) in [6.45, 7) is 5.24. The van der Waals surface area contributed by atoms with Crippen LogP contribution in [-0.4, -0.2) is 74.9 Å². The Morgan fingerprint density at radius 1 is 1.24 bits per heavy atom. The molecule has 0 radical (unpaired) electrons. The standard InChI is InChI=1S/C25H31N5O3/c1-17(31)30-12-19(13-30)28-24-10-22(26-16-27-24)23(33)7-6-20(32)14-29-11-18-4-2-3-5-21(18)25(15-29)8-9-25/h2-5,10,16,19-20,32H,6-9,11-15H2,1H3,(H,26,27,28)/t20-/m0/s1. The van der Waals surface area contributed by atoms with E-state index in [4.69, 9.17) is 0 Å². The zero-order chi connectivity index (χ0) is 23.0. The highest BCUT2D eigenvalue weighted by Crippen LogP contribution is 2.52. The predicted octanol–water partition coefficient (Wildman–Crippen LogP) is 1.99. The molecule has 1 aliphatic carbocycles. The third-order valence-electron chi connectivity index (χ3n) is 7.17. The van der Waals surface area contributed by atoms with Crippen LogP contribution in [0, 0.1) is 0 Å². The second-order valence-corrected chi connectivity index (χ2v) is 9.78. The second-order valence-electron chi connectivity index (χ2n) is 9.78. The maximum absolute atomic E-state index is 12.7. The number of fused-ring (bicyclic) bond motifs is 2. The maximum Gasteiger partial charge on any atom is 0.219 e. The first kappa shape index (κ1) is 22.0. The Balaban J connectivity index is 1.11. The van der Waals surface area contributed by atoms with E-state index in [2.05, 4.69) is 44.5 Å².